The van der Waals surface area contributed by atoms with Crippen molar-refractivity contribution in [2.24, 2.45) is 5.73 Å². The lowest BCUT2D eigenvalue weighted by Gasteiger charge is -2.09. The van der Waals surface area contributed by atoms with E-state index in [1.165, 1.54) is 0 Å². The highest BCUT2D eigenvalue weighted by molar-refractivity contribution is 14.1. The van der Waals surface area contributed by atoms with E-state index < -0.39 is 6.43 Å². The molecule has 0 aliphatic rings. The summed E-state index contributed by atoms with van der Waals surface area (Å²) in [7, 11) is 0. The molecule has 1 aromatic heterocycles. The van der Waals surface area contributed by atoms with E-state index in [4.69, 9.17) is 11.0 Å². The number of hydrogen-bond acceptors (Lipinski definition) is 3. The van der Waals surface area contributed by atoms with Crippen molar-refractivity contribution in [2.75, 3.05) is 0 Å². The molecule has 0 unspecified atom stereocenters. The van der Waals surface area contributed by atoms with Gasteiger partial charge in [0, 0.05) is 15.7 Å². The molecule has 0 amide bonds. The highest BCUT2D eigenvalue weighted by Gasteiger charge is 2.17. The van der Waals surface area contributed by atoms with Crippen LogP contribution in [0, 0.1) is 14.9 Å². The molecule has 1 rings (SSSR count). The third-order valence-electron chi connectivity index (χ3n) is 1.83. The first-order valence-electron chi connectivity index (χ1n) is 4.13. The minimum absolute atomic E-state index is 0.0256. The average Bonchev–Trinajstić information content (AvgIpc) is 2.17. The van der Waals surface area contributed by atoms with Crippen LogP contribution in [0.25, 0.3) is 0 Å². The first-order valence-corrected chi connectivity index (χ1v) is 5.21. The summed E-state index contributed by atoms with van der Waals surface area (Å²) in [5.74, 6) is 0. The van der Waals surface area contributed by atoms with Crippen LogP contribution in [0.3, 0.4) is 0 Å². The molecule has 0 aromatic carbocycles. The van der Waals surface area contributed by atoms with Gasteiger partial charge in [-0.2, -0.15) is 5.26 Å². The van der Waals surface area contributed by atoms with Crippen molar-refractivity contribution < 1.29 is 8.78 Å². The zero-order valence-corrected chi connectivity index (χ0v) is 9.83. The van der Waals surface area contributed by atoms with Crippen LogP contribution >= 0.6 is 22.6 Å². The van der Waals surface area contributed by atoms with Gasteiger partial charge in [-0.1, -0.05) is 0 Å². The molecule has 0 bridgehead atoms. The fourth-order valence-electron chi connectivity index (χ4n) is 1.16. The highest BCUT2D eigenvalue weighted by Crippen LogP contribution is 2.25. The van der Waals surface area contributed by atoms with E-state index in [-0.39, 0.29) is 18.7 Å². The Morgan fingerprint density at radius 2 is 2.27 bits per heavy atom. The van der Waals surface area contributed by atoms with Crippen LogP contribution < -0.4 is 5.73 Å². The molecule has 2 N–H and O–H groups in total. The predicted octanol–water partition coefficient (Wildman–Crippen LogP) is 2.15. The number of alkyl halides is 2. The summed E-state index contributed by atoms with van der Waals surface area (Å²) in [4.78, 5) is 3.74. The molecule has 15 heavy (non-hydrogen) atoms. The lowest BCUT2D eigenvalue weighted by atomic mass is 10.1. The van der Waals surface area contributed by atoms with Crippen molar-refractivity contribution in [3.8, 4) is 6.07 Å². The van der Waals surface area contributed by atoms with Crippen molar-refractivity contribution in [3.05, 3.63) is 26.6 Å². The number of nitrogens with zero attached hydrogens (tertiary/aromatic N) is 2. The van der Waals surface area contributed by atoms with Crippen LogP contribution in [0.1, 0.15) is 23.4 Å². The molecule has 0 atom stereocenters. The van der Waals surface area contributed by atoms with Gasteiger partial charge in [0.15, 0.2) is 0 Å². The minimum atomic E-state index is -2.66. The molecule has 6 heteroatoms. The number of halogens is 3. The van der Waals surface area contributed by atoms with Crippen molar-refractivity contribution in [2.45, 2.75) is 19.4 Å². The molecule has 0 saturated heterocycles. The number of nitrogens with two attached hydrogens (primary N) is 1. The van der Waals surface area contributed by atoms with Crippen molar-refractivity contribution in [1.29, 1.82) is 5.26 Å². The topological polar surface area (TPSA) is 62.7 Å². The smallest absolute Gasteiger partial charge is 0.280 e. The number of aromatic nitrogens is 1. The molecule has 0 spiro atoms. The van der Waals surface area contributed by atoms with Crippen LogP contribution in [-0.4, -0.2) is 4.98 Å². The van der Waals surface area contributed by atoms with Gasteiger partial charge in [-0.15, -0.1) is 0 Å². The lowest BCUT2D eigenvalue weighted by molar-refractivity contribution is 0.144. The van der Waals surface area contributed by atoms with Crippen molar-refractivity contribution in [1.82, 2.24) is 4.98 Å². The quantitative estimate of drug-likeness (QED) is 0.867. The highest BCUT2D eigenvalue weighted by atomic mass is 127. The Morgan fingerprint density at radius 1 is 1.60 bits per heavy atom. The molecule has 3 nitrogen and oxygen atoms in total. The summed E-state index contributed by atoms with van der Waals surface area (Å²) in [5.41, 5.74) is 5.77. The van der Waals surface area contributed by atoms with Crippen LogP contribution in [0.2, 0.25) is 0 Å². The van der Waals surface area contributed by atoms with E-state index in [9.17, 15) is 8.78 Å². The van der Waals surface area contributed by atoms with Crippen LogP contribution in [0.15, 0.2) is 6.07 Å². The third-order valence-corrected chi connectivity index (χ3v) is 2.79. The first-order chi connectivity index (χ1) is 7.10. The van der Waals surface area contributed by atoms with Crippen molar-refractivity contribution in [3.63, 3.8) is 0 Å². The molecule has 0 aliphatic heterocycles. The second-order valence-electron chi connectivity index (χ2n) is 2.80. The number of hydrogen-bond donors (Lipinski definition) is 1. The number of pyridine rings is 1. The van der Waals surface area contributed by atoms with Gasteiger partial charge in [-0.3, -0.25) is 4.98 Å². The van der Waals surface area contributed by atoms with Crippen LogP contribution in [0.4, 0.5) is 8.78 Å². The average molecular weight is 323 g/mol. The maximum atomic E-state index is 12.6. The van der Waals surface area contributed by atoms with E-state index in [1.54, 1.807) is 6.07 Å². The molecule has 1 aromatic rings. The summed E-state index contributed by atoms with van der Waals surface area (Å²) < 4.78 is 25.9. The normalized spacial score (nSPS) is 10.4. The standard InChI is InChI=1S/C9H8F2IN3/c10-9(11)8-6(4-14)7(12)3-5(15-8)1-2-13/h3,9H,1,4,14H2. The Morgan fingerprint density at radius 3 is 2.73 bits per heavy atom. The molecule has 0 aliphatic carbocycles. The first kappa shape index (κ1) is 12.3. The lowest BCUT2D eigenvalue weighted by Crippen LogP contribution is -2.09. The minimum Gasteiger partial charge on any atom is -0.326 e. The monoisotopic (exact) mass is 323 g/mol. The van der Waals surface area contributed by atoms with Gasteiger partial charge in [0.05, 0.1) is 18.2 Å². The Bertz CT molecular complexity index is 401. The van der Waals surface area contributed by atoms with Gasteiger partial charge in [0.1, 0.15) is 5.69 Å². The summed E-state index contributed by atoms with van der Waals surface area (Å²) in [6.45, 7) is 0.0256. The van der Waals surface area contributed by atoms with Gasteiger partial charge in [0.2, 0.25) is 0 Å². The number of rotatable bonds is 3. The Hall–Kier alpha value is -0.810. The molecule has 80 valence electrons. The van der Waals surface area contributed by atoms with Gasteiger partial charge in [-0.25, -0.2) is 8.78 Å². The van der Waals surface area contributed by atoms with E-state index in [0.717, 1.165) is 0 Å². The van der Waals surface area contributed by atoms with Crippen molar-refractivity contribution >= 4 is 22.6 Å². The summed E-state index contributed by atoms with van der Waals surface area (Å²) in [6, 6.07) is 3.48. The Balaban J connectivity index is 3.27. The second-order valence-corrected chi connectivity index (χ2v) is 3.96. The maximum absolute atomic E-state index is 12.6. The zero-order valence-electron chi connectivity index (χ0n) is 7.67. The van der Waals surface area contributed by atoms with E-state index in [1.807, 2.05) is 28.7 Å². The fourth-order valence-corrected chi connectivity index (χ4v) is 2.02. The van der Waals surface area contributed by atoms with E-state index in [2.05, 4.69) is 4.98 Å². The van der Waals surface area contributed by atoms with E-state index in [0.29, 0.717) is 14.8 Å². The SMILES string of the molecule is N#CCc1cc(I)c(CN)c(C(F)F)n1. The van der Waals surface area contributed by atoms with Crippen LogP contribution in [-0.2, 0) is 13.0 Å². The van der Waals surface area contributed by atoms with Gasteiger partial charge in [0.25, 0.3) is 6.43 Å². The van der Waals surface area contributed by atoms with Gasteiger partial charge >= 0.3 is 0 Å². The molecule has 1 heterocycles. The molecule has 0 radical (unpaired) electrons. The zero-order chi connectivity index (χ0) is 11.4. The predicted molar refractivity (Wildman–Crippen MR) is 59.1 cm³/mol. The molecular formula is C9H8F2IN3. The third kappa shape index (κ3) is 2.82. The summed E-state index contributed by atoms with van der Waals surface area (Å²) in [5, 5.41) is 8.46. The second kappa shape index (κ2) is 5.32. The van der Waals surface area contributed by atoms with E-state index >= 15 is 0 Å². The fraction of sp³-hybridized carbons (Fsp3) is 0.333. The summed E-state index contributed by atoms with van der Waals surface area (Å²) >= 11 is 1.92. The maximum Gasteiger partial charge on any atom is 0.280 e. The van der Waals surface area contributed by atoms with Gasteiger partial charge < -0.3 is 5.73 Å². The molecule has 0 saturated carbocycles. The largest absolute Gasteiger partial charge is 0.326 e. The summed E-state index contributed by atoms with van der Waals surface area (Å²) in [6.07, 6.45) is -2.63. The van der Waals surface area contributed by atoms with Crippen LogP contribution in [0.5, 0.6) is 0 Å². The Labute approximate surface area is 99.4 Å². The number of nitriles is 1. The molecule has 0 fully saturated rings. The Kier molecular flexibility index (Phi) is 4.35. The molecular weight excluding hydrogens is 315 g/mol. The van der Waals surface area contributed by atoms with Gasteiger partial charge in [-0.05, 0) is 28.7 Å².